The third-order valence-electron chi connectivity index (χ3n) is 2.80. The first-order valence-electron chi connectivity index (χ1n) is 6.19. The lowest BCUT2D eigenvalue weighted by Gasteiger charge is -2.07. The number of benzene rings is 1. The van der Waals surface area contributed by atoms with Crippen LogP contribution in [-0.4, -0.2) is 4.98 Å². The van der Waals surface area contributed by atoms with Gasteiger partial charge in [0.1, 0.15) is 23.9 Å². The third-order valence-corrected chi connectivity index (χ3v) is 2.80. The second-order valence-electron chi connectivity index (χ2n) is 4.22. The molecule has 0 aliphatic carbocycles. The van der Waals surface area contributed by atoms with E-state index in [1.165, 1.54) is 6.07 Å². The fourth-order valence-electron chi connectivity index (χ4n) is 1.81. The average Bonchev–Trinajstić information content (AvgIpc) is 2.55. The van der Waals surface area contributed by atoms with Crippen LogP contribution in [0.5, 0.6) is 0 Å². The number of rotatable bonds is 3. The molecule has 2 N–H and O–H groups in total. The van der Waals surface area contributed by atoms with Crippen LogP contribution in [0.2, 0.25) is 0 Å². The summed E-state index contributed by atoms with van der Waals surface area (Å²) in [4.78, 5) is 14.0. The zero-order valence-electron chi connectivity index (χ0n) is 11.3. The van der Waals surface area contributed by atoms with Crippen LogP contribution >= 0.6 is 0 Å². The molecule has 1 heterocycles. The van der Waals surface area contributed by atoms with Crippen LogP contribution in [0.1, 0.15) is 0 Å². The van der Waals surface area contributed by atoms with E-state index in [-0.39, 0.29) is 16.8 Å². The molecule has 22 heavy (non-hydrogen) atoms. The highest BCUT2D eigenvalue weighted by Crippen LogP contribution is 2.21. The van der Waals surface area contributed by atoms with E-state index in [1.807, 2.05) is 0 Å². The first-order chi connectivity index (χ1) is 10.7. The van der Waals surface area contributed by atoms with Gasteiger partial charge in [0.25, 0.3) is 0 Å². The maximum Gasteiger partial charge on any atom is 0.248 e. The molecule has 0 spiro atoms. The summed E-state index contributed by atoms with van der Waals surface area (Å²) >= 11 is 0. The van der Waals surface area contributed by atoms with E-state index in [0.717, 1.165) is 5.56 Å². The number of H-pyrrole nitrogens is 1. The SMILES string of the molecule is N#CC(C#N)=C(C#N)Nc1cccc(-c2cccc(=O)[nH]2)c1. The van der Waals surface area contributed by atoms with Crippen molar-refractivity contribution < 1.29 is 0 Å². The molecule has 0 radical (unpaired) electrons. The van der Waals surface area contributed by atoms with Gasteiger partial charge in [-0.15, -0.1) is 0 Å². The number of hydrogen-bond acceptors (Lipinski definition) is 5. The van der Waals surface area contributed by atoms with Gasteiger partial charge in [0.2, 0.25) is 5.56 Å². The zero-order valence-corrected chi connectivity index (χ0v) is 11.3. The lowest BCUT2D eigenvalue weighted by molar-refractivity contribution is 1.24. The lowest BCUT2D eigenvalue weighted by Crippen LogP contribution is -2.04. The van der Waals surface area contributed by atoms with Crippen molar-refractivity contribution in [2.45, 2.75) is 0 Å². The number of anilines is 1. The predicted molar refractivity (Wildman–Crippen MR) is 80.0 cm³/mol. The monoisotopic (exact) mass is 287 g/mol. The van der Waals surface area contributed by atoms with Gasteiger partial charge in [0, 0.05) is 23.0 Å². The molecule has 0 unspecified atom stereocenters. The predicted octanol–water partition coefficient (Wildman–Crippen LogP) is 2.28. The minimum atomic E-state index is -0.291. The summed E-state index contributed by atoms with van der Waals surface area (Å²) in [7, 11) is 0. The number of nitriles is 3. The van der Waals surface area contributed by atoms with Gasteiger partial charge in [-0.05, 0) is 18.2 Å². The van der Waals surface area contributed by atoms with Gasteiger partial charge < -0.3 is 10.3 Å². The summed E-state index contributed by atoms with van der Waals surface area (Å²) in [5, 5.41) is 29.4. The Morgan fingerprint density at radius 2 is 1.73 bits per heavy atom. The van der Waals surface area contributed by atoms with E-state index in [2.05, 4.69) is 10.3 Å². The van der Waals surface area contributed by atoms with E-state index < -0.39 is 0 Å². The number of aromatic nitrogens is 1. The summed E-state index contributed by atoms with van der Waals surface area (Å²) in [6.45, 7) is 0. The lowest BCUT2D eigenvalue weighted by atomic mass is 10.1. The molecule has 1 aromatic heterocycles. The number of nitrogens with one attached hydrogen (secondary N) is 2. The molecule has 2 aromatic rings. The van der Waals surface area contributed by atoms with Crippen molar-refractivity contribution >= 4 is 5.69 Å². The zero-order chi connectivity index (χ0) is 15.9. The van der Waals surface area contributed by atoms with Crippen molar-refractivity contribution in [2.75, 3.05) is 5.32 Å². The summed E-state index contributed by atoms with van der Waals surface area (Å²) in [6, 6.07) is 16.8. The molecule has 0 aliphatic heterocycles. The van der Waals surface area contributed by atoms with Crippen molar-refractivity contribution in [3.8, 4) is 29.5 Å². The van der Waals surface area contributed by atoms with Gasteiger partial charge in [0.15, 0.2) is 5.57 Å². The number of aromatic amines is 1. The third kappa shape index (κ3) is 3.19. The van der Waals surface area contributed by atoms with Crippen molar-refractivity contribution in [1.82, 2.24) is 4.98 Å². The number of nitrogens with zero attached hydrogens (tertiary/aromatic N) is 3. The first kappa shape index (κ1) is 14.6. The van der Waals surface area contributed by atoms with Gasteiger partial charge in [-0.2, -0.15) is 15.8 Å². The van der Waals surface area contributed by atoms with Crippen LogP contribution in [0.25, 0.3) is 11.3 Å². The molecule has 6 nitrogen and oxygen atoms in total. The van der Waals surface area contributed by atoms with Crippen molar-refractivity contribution in [1.29, 1.82) is 15.8 Å². The van der Waals surface area contributed by atoms with E-state index in [0.29, 0.717) is 11.4 Å². The fourth-order valence-corrected chi connectivity index (χ4v) is 1.81. The quantitative estimate of drug-likeness (QED) is 0.840. The summed E-state index contributed by atoms with van der Waals surface area (Å²) < 4.78 is 0. The van der Waals surface area contributed by atoms with E-state index >= 15 is 0 Å². The molecule has 0 amide bonds. The Labute approximate surface area is 126 Å². The van der Waals surface area contributed by atoms with Crippen LogP contribution in [-0.2, 0) is 0 Å². The Bertz CT molecular complexity index is 903. The highest BCUT2D eigenvalue weighted by molar-refractivity contribution is 5.67. The highest BCUT2D eigenvalue weighted by atomic mass is 16.1. The van der Waals surface area contributed by atoms with E-state index in [1.54, 1.807) is 54.6 Å². The maximum atomic E-state index is 11.3. The molecule has 0 saturated heterocycles. The van der Waals surface area contributed by atoms with Gasteiger partial charge in [-0.25, -0.2) is 0 Å². The molecule has 0 bridgehead atoms. The second-order valence-corrected chi connectivity index (χ2v) is 4.22. The maximum absolute atomic E-state index is 11.3. The molecule has 1 aromatic carbocycles. The van der Waals surface area contributed by atoms with E-state index in [4.69, 9.17) is 15.8 Å². The van der Waals surface area contributed by atoms with E-state index in [9.17, 15) is 4.79 Å². The van der Waals surface area contributed by atoms with Crippen molar-refractivity contribution in [3.63, 3.8) is 0 Å². The standard InChI is InChI=1S/C16H9N5O/c17-8-12(9-18)15(10-19)20-13-4-1-3-11(7-13)14-5-2-6-16(22)21-14/h1-7,20H,(H,21,22). The summed E-state index contributed by atoms with van der Waals surface area (Å²) in [5.74, 6) is 0. The molecular weight excluding hydrogens is 278 g/mol. The Hall–Kier alpha value is -3.82. The second kappa shape index (κ2) is 6.56. The molecular formula is C16H9N5O. The van der Waals surface area contributed by atoms with Crippen molar-refractivity contribution in [3.05, 3.63) is 64.1 Å². The molecule has 0 atom stereocenters. The van der Waals surface area contributed by atoms with Crippen LogP contribution < -0.4 is 10.9 Å². The highest BCUT2D eigenvalue weighted by Gasteiger charge is 2.07. The average molecular weight is 287 g/mol. The molecule has 6 heteroatoms. The smallest absolute Gasteiger partial charge is 0.248 e. The minimum Gasteiger partial charge on any atom is -0.345 e. The Kier molecular flexibility index (Phi) is 4.35. The molecule has 0 saturated carbocycles. The topological polar surface area (TPSA) is 116 Å². The van der Waals surface area contributed by atoms with Gasteiger partial charge >= 0.3 is 0 Å². The largest absolute Gasteiger partial charge is 0.345 e. The van der Waals surface area contributed by atoms with Crippen LogP contribution in [0.15, 0.2) is 58.5 Å². The van der Waals surface area contributed by atoms with Gasteiger partial charge in [0.05, 0.1) is 0 Å². The molecule has 0 fully saturated rings. The minimum absolute atomic E-state index is 0.122. The normalized spacial score (nSPS) is 8.95. The number of hydrogen-bond donors (Lipinski definition) is 2. The van der Waals surface area contributed by atoms with Crippen LogP contribution in [0.3, 0.4) is 0 Å². The Balaban J connectivity index is 2.41. The first-order valence-corrected chi connectivity index (χ1v) is 6.19. The Morgan fingerprint density at radius 3 is 2.36 bits per heavy atom. The summed E-state index contributed by atoms with van der Waals surface area (Å²) in [6.07, 6.45) is 0. The Morgan fingerprint density at radius 1 is 1.00 bits per heavy atom. The molecule has 2 rings (SSSR count). The van der Waals surface area contributed by atoms with Gasteiger partial charge in [-0.3, -0.25) is 4.79 Å². The summed E-state index contributed by atoms with van der Waals surface area (Å²) in [5.41, 5.74) is 1.26. The molecule has 0 aliphatic rings. The number of pyridine rings is 1. The number of allylic oxidation sites excluding steroid dienone is 2. The molecule has 104 valence electrons. The van der Waals surface area contributed by atoms with Crippen LogP contribution in [0.4, 0.5) is 5.69 Å². The van der Waals surface area contributed by atoms with Crippen LogP contribution in [0, 0.1) is 34.0 Å². The fraction of sp³-hybridized carbons (Fsp3) is 0. The van der Waals surface area contributed by atoms with Crippen molar-refractivity contribution in [2.24, 2.45) is 0 Å². The van der Waals surface area contributed by atoms with Gasteiger partial charge in [-0.1, -0.05) is 18.2 Å².